The summed E-state index contributed by atoms with van der Waals surface area (Å²) in [6.45, 7) is 0. The van der Waals surface area contributed by atoms with Crippen molar-refractivity contribution in [3.8, 4) is 0 Å². The van der Waals surface area contributed by atoms with Gasteiger partial charge in [0.2, 0.25) is 0 Å². The highest BCUT2D eigenvalue weighted by Crippen LogP contribution is 2.30. The predicted octanol–water partition coefficient (Wildman–Crippen LogP) is 3.50. The Morgan fingerprint density at radius 3 is 1.83 bits per heavy atom. The smallest absolute Gasteiger partial charge is 0.341 e. The molecule has 0 heterocycles. The van der Waals surface area contributed by atoms with E-state index in [2.05, 4.69) is 15.9 Å². The van der Waals surface area contributed by atoms with Gasteiger partial charge in [0, 0.05) is 4.47 Å². The zero-order valence-corrected chi connectivity index (χ0v) is 13.7. The molecule has 0 amide bonds. The number of nitrogens with one attached hydrogen (secondary N) is 1. The van der Waals surface area contributed by atoms with Crippen molar-refractivity contribution < 1.29 is 35.9 Å². The third kappa shape index (κ3) is 3.22. The summed E-state index contributed by atoms with van der Waals surface area (Å²) < 4.78 is 80.7. The van der Waals surface area contributed by atoms with Crippen LogP contribution in [-0.4, -0.2) is 19.5 Å². The first kappa shape index (κ1) is 18.2. The van der Waals surface area contributed by atoms with E-state index in [0.717, 1.165) is 12.1 Å². The van der Waals surface area contributed by atoms with Gasteiger partial charge in [-0.2, -0.15) is 0 Å². The van der Waals surface area contributed by atoms with E-state index in [1.165, 1.54) is 16.9 Å². The summed E-state index contributed by atoms with van der Waals surface area (Å²) in [5, 5.41) is 8.57. The van der Waals surface area contributed by atoms with Crippen LogP contribution >= 0.6 is 15.9 Å². The van der Waals surface area contributed by atoms with Crippen molar-refractivity contribution in [3.05, 3.63) is 57.6 Å². The molecule has 11 heteroatoms. The lowest BCUT2D eigenvalue weighted by atomic mass is 10.1. The number of hydrogen-bond donors (Lipinski definition) is 2. The minimum absolute atomic E-state index is 0.437. The lowest BCUT2D eigenvalue weighted by molar-refractivity contribution is 0.0683. The highest BCUT2D eigenvalue weighted by molar-refractivity contribution is 9.10. The minimum atomic E-state index is -4.57. The second kappa shape index (κ2) is 6.40. The maximum Gasteiger partial charge on any atom is 0.341 e. The third-order valence-corrected chi connectivity index (χ3v) is 4.73. The molecule has 2 aromatic rings. The zero-order valence-electron chi connectivity index (χ0n) is 11.3. The maximum atomic E-state index is 13.8. The lowest BCUT2D eigenvalue weighted by Crippen LogP contribution is -2.19. The maximum absolute atomic E-state index is 13.8. The van der Waals surface area contributed by atoms with Gasteiger partial charge in [-0.05, 0) is 24.3 Å². The largest absolute Gasteiger partial charge is 0.477 e. The molecule has 0 saturated heterocycles. The normalized spacial score (nSPS) is 11.4. The Morgan fingerprint density at radius 2 is 1.42 bits per heavy atom. The number of benzene rings is 2. The van der Waals surface area contributed by atoms with E-state index in [4.69, 9.17) is 5.11 Å². The molecule has 0 unspecified atom stereocenters. The summed E-state index contributed by atoms with van der Waals surface area (Å²) in [5.74, 6) is -11.0. The molecule has 5 nitrogen and oxygen atoms in total. The van der Waals surface area contributed by atoms with Crippen LogP contribution in [0, 0.1) is 23.3 Å². The van der Waals surface area contributed by atoms with Gasteiger partial charge in [-0.25, -0.2) is 30.8 Å². The molecule has 0 fully saturated rings. The fourth-order valence-corrected chi connectivity index (χ4v) is 3.04. The lowest BCUT2D eigenvalue weighted by Gasteiger charge is -2.12. The molecule has 128 valence electrons. The summed E-state index contributed by atoms with van der Waals surface area (Å²) in [6.07, 6.45) is 0. The van der Waals surface area contributed by atoms with E-state index in [0.29, 0.717) is 4.47 Å². The molecule has 0 bridgehead atoms. The number of carboxylic acid groups (broad SMARTS) is 1. The van der Waals surface area contributed by atoms with Gasteiger partial charge in [-0.3, -0.25) is 4.72 Å². The van der Waals surface area contributed by atoms with Crippen LogP contribution in [0.25, 0.3) is 0 Å². The number of hydrogen-bond acceptors (Lipinski definition) is 3. The van der Waals surface area contributed by atoms with Crippen molar-refractivity contribution in [1.29, 1.82) is 0 Å². The first-order valence-electron chi connectivity index (χ1n) is 5.94. The standard InChI is InChI=1S/C13H6BrF4NO4S/c14-5-1-3-6(4-2-5)24(22,23)19-12-10(17)8(15)7(13(20)21)9(16)11(12)18/h1-4,19H,(H,20,21). The number of anilines is 1. The molecule has 2 aromatic carbocycles. The molecule has 24 heavy (non-hydrogen) atoms. The molecule has 0 spiro atoms. The first-order chi connectivity index (χ1) is 11.1. The predicted molar refractivity (Wildman–Crippen MR) is 78.2 cm³/mol. The van der Waals surface area contributed by atoms with Gasteiger partial charge in [0.15, 0.2) is 23.3 Å². The fourth-order valence-electron chi connectivity index (χ4n) is 1.72. The molecule has 2 N–H and O–H groups in total. The molecule has 0 saturated carbocycles. The van der Waals surface area contributed by atoms with Crippen molar-refractivity contribution in [2.75, 3.05) is 4.72 Å². The second-order valence-corrected chi connectivity index (χ2v) is 6.97. The third-order valence-electron chi connectivity index (χ3n) is 2.84. The van der Waals surface area contributed by atoms with E-state index < -0.39 is 55.4 Å². The number of rotatable bonds is 4. The average molecular weight is 428 g/mol. The van der Waals surface area contributed by atoms with Crippen LogP contribution in [0.3, 0.4) is 0 Å². The summed E-state index contributed by atoms with van der Waals surface area (Å²) in [5.41, 5.74) is -3.52. The number of carboxylic acids is 1. The van der Waals surface area contributed by atoms with Crippen LogP contribution in [0.1, 0.15) is 10.4 Å². The quantitative estimate of drug-likeness (QED) is 0.577. The van der Waals surface area contributed by atoms with Crippen molar-refractivity contribution in [2.24, 2.45) is 0 Å². The Labute approximate surface area is 141 Å². The van der Waals surface area contributed by atoms with E-state index in [1.807, 2.05) is 0 Å². The number of aromatic carboxylic acids is 1. The molecule has 0 aromatic heterocycles. The van der Waals surface area contributed by atoms with Crippen LogP contribution in [-0.2, 0) is 10.0 Å². The van der Waals surface area contributed by atoms with Crippen LogP contribution in [0.15, 0.2) is 33.6 Å². The van der Waals surface area contributed by atoms with Crippen LogP contribution in [0.4, 0.5) is 23.2 Å². The molecule has 0 aliphatic rings. The highest BCUT2D eigenvalue weighted by Gasteiger charge is 2.31. The highest BCUT2D eigenvalue weighted by atomic mass is 79.9. The summed E-state index contributed by atoms with van der Waals surface area (Å²) in [7, 11) is -4.57. The van der Waals surface area contributed by atoms with Gasteiger partial charge >= 0.3 is 5.97 Å². The van der Waals surface area contributed by atoms with E-state index in [-0.39, 0.29) is 0 Å². The SMILES string of the molecule is O=C(O)c1c(F)c(F)c(NS(=O)(=O)c2ccc(Br)cc2)c(F)c1F. The van der Waals surface area contributed by atoms with E-state index in [9.17, 15) is 30.8 Å². The first-order valence-corrected chi connectivity index (χ1v) is 8.21. The van der Waals surface area contributed by atoms with Crippen molar-refractivity contribution in [2.45, 2.75) is 4.90 Å². The van der Waals surface area contributed by atoms with E-state index in [1.54, 1.807) is 0 Å². The molecule has 0 aliphatic heterocycles. The Kier molecular flexibility index (Phi) is 4.85. The van der Waals surface area contributed by atoms with Crippen molar-refractivity contribution in [3.63, 3.8) is 0 Å². The molecule has 0 atom stereocenters. The van der Waals surface area contributed by atoms with Gasteiger partial charge in [0.05, 0.1) is 4.90 Å². The van der Waals surface area contributed by atoms with Crippen LogP contribution in [0.5, 0.6) is 0 Å². The summed E-state index contributed by atoms with van der Waals surface area (Å²) >= 11 is 3.05. The zero-order chi connectivity index (χ0) is 18.2. The van der Waals surface area contributed by atoms with Crippen molar-refractivity contribution in [1.82, 2.24) is 0 Å². The average Bonchev–Trinajstić information content (AvgIpc) is 2.50. The molecular formula is C13H6BrF4NO4S. The molecule has 0 aliphatic carbocycles. The molecular weight excluding hydrogens is 422 g/mol. The minimum Gasteiger partial charge on any atom is -0.477 e. The number of sulfonamides is 1. The topological polar surface area (TPSA) is 83.5 Å². The van der Waals surface area contributed by atoms with Crippen molar-refractivity contribution >= 4 is 37.6 Å². The summed E-state index contributed by atoms with van der Waals surface area (Å²) in [4.78, 5) is 10.2. The van der Waals surface area contributed by atoms with Gasteiger partial charge in [0.25, 0.3) is 10.0 Å². The van der Waals surface area contributed by atoms with Gasteiger partial charge in [0.1, 0.15) is 11.3 Å². The number of halogens is 5. The van der Waals surface area contributed by atoms with Crippen LogP contribution < -0.4 is 4.72 Å². The Balaban J connectivity index is 2.58. The molecule has 0 radical (unpaired) electrons. The molecule has 2 rings (SSSR count). The van der Waals surface area contributed by atoms with Gasteiger partial charge in [-0.15, -0.1) is 0 Å². The van der Waals surface area contributed by atoms with Gasteiger partial charge in [-0.1, -0.05) is 15.9 Å². The monoisotopic (exact) mass is 427 g/mol. The number of carbonyl (C=O) groups is 1. The second-order valence-electron chi connectivity index (χ2n) is 4.37. The Bertz CT molecular complexity index is 903. The Morgan fingerprint density at radius 1 is 0.958 bits per heavy atom. The fraction of sp³-hybridized carbons (Fsp3) is 0. The van der Waals surface area contributed by atoms with Gasteiger partial charge < -0.3 is 5.11 Å². The Hall–Kier alpha value is -2.14. The summed E-state index contributed by atoms with van der Waals surface area (Å²) in [6, 6.07) is 4.77. The van der Waals surface area contributed by atoms with E-state index >= 15 is 0 Å². The van der Waals surface area contributed by atoms with Crippen LogP contribution in [0.2, 0.25) is 0 Å².